The monoisotopic (exact) mass is 431 g/mol. The number of rotatable bonds is 5. The Morgan fingerprint density at radius 3 is 2.45 bits per heavy atom. The van der Waals surface area contributed by atoms with Crippen LogP contribution in [0.25, 0.3) is 5.69 Å². The van der Waals surface area contributed by atoms with Gasteiger partial charge in [-0.15, -0.1) is 0 Å². The molecule has 0 bridgehead atoms. The third-order valence-corrected chi connectivity index (χ3v) is 6.91. The molecule has 3 heterocycles. The molecule has 160 valence electrons. The van der Waals surface area contributed by atoms with Gasteiger partial charge in [-0.25, -0.2) is 0 Å². The zero-order valence-electron chi connectivity index (χ0n) is 18.1. The molecule has 1 aromatic carbocycles. The van der Waals surface area contributed by atoms with Gasteiger partial charge < -0.3 is 19.7 Å². The Morgan fingerprint density at radius 1 is 1.00 bits per heavy atom. The lowest BCUT2D eigenvalue weighted by molar-refractivity contribution is 0.239. The minimum absolute atomic E-state index is 0.0315. The number of hydrogen-bond donors (Lipinski definition) is 1. The predicted molar refractivity (Wildman–Crippen MR) is 130 cm³/mol. The molecule has 2 atom stereocenters. The SMILES string of the molecule is CN(C)c1ccc(-n2cccc2C2C(c3ccccn3)NC(=S)N2C2CCCC2)cc1. The maximum absolute atomic E-state index is 5.88. The molecule has 1 aliphatic heterocycles. The van der Waals surface area contributed by atoms with Crippen LogP contribution in [-0.4, -0.2) is 39.7 Å². The molecule has 3 aromatic rings. The van der Waals surface area contributed by atoms with E-state index < -0.39 is 0 Å². The van der Waals surface area contributed by atoms with Crippen LogP contribution in [-0.2, 0) is 0 Å². The molecular weight excluding hydrogens is 402 g/mol. The first kappa shape index (κ1) is 20.1. The maximum Gasteiger partial charge on any atom is 0.170 e. The molecule has 31 heavy (non-hydrogen) atoms. The molecule has 2 aliphatic rings. The summed E-state index contributed by atoms with van der Waals surface area (Å²) in [5.41, 5.74) is 4.63. The van der Waals surface area contributed by atoms with Crippen molar-refractivity contribution >= 4 is 23.0 Å². The number of nitrogens with zero attached hydrogens (tertiary/aromatic N) is 4. The molecule has 5 nitrogen and oxygen atoms in total. The number of hydrogen-bond acceptors (Lipinski definition) is 3. The first-order valence-electron chi connectivity index (χ1n) is 11.1. The summed E-state index contributed by atoms with van der Waals surface area (Å²) in [5, 5.41) is 4.46. The Balaban J connectivity index is 1.58. The smallest absolute Gasteiger partial charge is 0.170 e. The van der Waals surface area contributed by atoms with Crippen LogP contribution in [0.2, 0.25) is 0 Å². The van der Waals surface area contributed by atoms with Crippen LogP contribution in [0.1, 0.15) is 49.2 Å². The van der Waals surface area contributed by atoms with Crippen LogP contribution in [0, 0.1) is 0 Å². The molecule has 0 radical (unpaired) electrons. The lowest BCUT2D eigenvalue weighted by Crippen LogP contribution is -2.38. The van der Waals surface area contributed by atoms with E-state index in [0.717, 1.165) is 16.5 Å². The second-order valence-electron chi connectivity index (χ2n) is 8.69. The van der Waals surface area contributed by atoms with Crippen molar-refractivity contribution in [2.24, 2.45) is 0 Å². The van der Waals surface area contributed by atoms with Gasteiger partial charge in [-0.1, -0.05) is 18.9 Å². The number of benzene rings is 1. The zero-order chi connectivity index (χ0) is 21.4. The molecule has 0 amide bonds. The Labute approximate surface area is 189 Å². The van der Waals surface area contributed by atoms with Gasteiger partial charge >= 0.3 is 0 Å². The highest BCUT2D eigenvalue weighted by atomic mass is 32.1. The average molecular weight is 432 g/mol. The van der Waals surface area contributed by atoms with E-state index >= 15 is 0 Å². The number of thiocarbonyl (C=S) groups is 1. The number of anilines is 1. The highest BCUT2D eigenvalue weighted by Crippen LogP contribution is 2.43. The highest BCUT2D eigenvalue weighted by Gasteiger charge is 2.44. The molecule has 6 heteroatoms. The Bertz CT molecular complexity index is 1040. The number of nitrogens with one attached hydrogen (secondary N) is 1. The van der Waals surface area contributed by atoms with Gasteiger partial charge in [-0.3, -0.25) is 4.98 Å². The normalized spacial score (nSPS) is 21.5. The van der Waals surface area contributed by atoms with Gasteiger partial charge in [0.15, 0.2) is 5.11 Å². The largest absolute Gasteiger partial charge is 0.378 e. The molecule has 5 rings (SSSR count). The summed E-state index contributed by atoms with van der Waals surface area (Å²) >= 11 is 5.88. The highest BCUT2D eigenvalue weighted by molar-refractivity contribution is 7.80. The lowest BCUT2D eigenvalue weighted by atomic mass is 9.99. The fourth-order valence-corrected chi connectivity index (χ4v) is 5.43. The summed E-state index contributed by atoms with van der Waals surface area (Å²) in [6.07, 6.45) is 8.98. The van der Waals surface area contributed by atoms with Crippen LogP contribution in [0.4, 0.5) is 5.69 Å². The maximum atomic E-state index is 5.88. The summed E-state index contributed by atoms with van der Waals surface area (Å²) in [4.78, 5) is 9.27. The van der Waals surface area contributed by atoms with Gasteiger partial charge in [0.2, 0.25) is 0 Å². The molecule has 1 saturated heterocycles. The van der Waals surface area contributed by atoms with Crippen molar-refractivity contribution in [1.82, 2.24) is 19.8 Å². The lowest BCUT2D eigenvalue weighted by Gasteiger charge is -2.33. The molecule has 0 spiro atoms. The molecule has 1 saturated carbocycles. The van der Waals surface area contributed by atoms with Gasteiger partial charge in [0.25, 0.3) is 0 Å². The summed E-state index contributed by atoms with van der Waals surface area (Å²) in [5.74, 6) is 0. The van der Waals surface area contributed by atoms with Crippen molar-refractivity contribution in [3.63, 3.8) is 0 Å². The molecule has 1 N–H and O–H groups in total. The second-order valence-corrected chi connectivity index (χ2v) is 9.07. The van der Waals surface area contributed by atoms with Crippen molar-refractivity contribution in [2.45, 2.75) is 43.8 Å². The summed E-state index contributed by atoms with van der Waals surface area (Å²) in [6.45, 7) is 0. The minimum atomic E-state index is 0.0315. The van der Waals surface area contributed by atoms with E-state index in [1.807, 2.05) is 12.3 Å². The fraction of sp³-hybridized carbons (Fsp3) is 0.360. The van der Waals surface area contributed by atoms with Crippen LogP contribution in [0.3, 0.4) is 0 Å². The van der Waals surface area contributed by atoms with Gasteiger partial charge in [0.1, 0.15) is 0 Å². The van der Waals surface area contributed by atoms with E-state index in [0.29, 0.717) is 6.04 Å². The van der Waals surface area contributed by atoms with Gasteiger partial charge in [-0.2, -0.15) is 0 Å². The standard InChI is InChI=1S/C25H29N5S/c1-28(2)18-12-14-19(15-13-18)29-17-7-11-22(29)24-23(21-10-5-6-16-26-21)27-25(31)30(24)20-8-3-4-9-20/h5-7,10-17,20,23-24H,3-4,8-9H2,1-2H3,(H,27,31). The van der Waals surface area contributed by atoms with Crippen molar-refractivity contribution in [3.8, 4) is 5.69 Å². The second kappa shape index (κ2) is 8.35. The Morgan fingerprint density at radius 2 is 1.77 bits per heavy atom. The van der Waals surface area contributed by atoms with Gasteiger partial charge in [0.05, 0.1) is 17.8 Å². The Kier molecular flexibility index (Phi) is 5.40. The topological polar surface area (TPSA) is 36.3 Å². The van der Waals surface area contributed by atoms with E-state index in [9.17, 15) is 0 Å². The van der Waals surface area contributed by atoms with E-state index in [4.69, 9.17) is 12.2 Å². The summed E-state index contributed by atoms with van der Waals surface area (Å²) in [6, 6.07) is 19.8. The van der Waals surface area contributed by atoms with E-state index in [1.165, 1.54) is 37.1 Å². The number of aromatic nitrogens is 2. The molecule has 2 fully saturated rings. The van der Waals surface area contributed by atoms with Crippen LogP contribution in [0.15, 0.2) is 67.0 Å². The summed E-state index contributed by atoms with van der Waals surface area (Å²) in [7, 11) is 4.14. The van der Waals surface area contributed by atoms with Crippen molar-refractivity contribution in [2.75, 3.05) is 19.0 Å². The quantitative estimate of drug-likeness (QED) is 0.584. The number of pyridine rings is 1. The molecular formula is C25H29N5S. The average Bonchev–Trinajstić information content (AvgIpc) is 3.54. The van der Waals surface area contributed by atoms with E-state index in [-0.39, 0.29) is 12.1 Å². The van der Waals surface area contributed by atoms with E-state index in [1.54, 1.807) is 0 Å². The summed E-state index contributed by atoms with van der Waals surface area (Å²) < 4.78 is 2.30. The zero-order valence-corrected chi connectivity index (χ0v) is 18.9. The molecule has 1 aliphatic carbocycles. The fourth-order valence-electron chi connectivity index (χ4n) is 5.04. The third-order valence-electron chi connectivity index (χ3n) is 6.58. The Hall–Kier alpha value is -2.86. The van der Waals surface area contributed by atoms with Crippen molar-refractivity contribution in [1.29, 1.82) is 0 Å². The van der Waals surface area contributed by atoms with Crippen molar-refractivity contribution < 1.29 is 0 Å². The van der Waals surface area contributed by atoms with E-state index in [2.05, 4.69) is 93.5 Å². The predicted octanol–water partition coefficient (Wildman–Crippen LogP) is 4.85. The third kappa shape index (κ3) is 3.69. The van der Waals surface area contributed by atoms with Gasteiger partial charge in [0, 0.05) is 49.6 Å². The minimum Gasteiger partial charge on any atom is -0.378 e. The molecule has 2 aromatic heterocycles. The van der Waals surface area contributed by atoms with Gasteiger partial charge in [-0.05, 0) is 73.6 Å². The first-order valence-corrected chi connectivity index (χ1v) is 11.5. The van der Waals surface area contributed by atoms with Crippen LogP contribution < -0.4 is 10.2 Å². The van der Waals surface area contributed by atoms with Crippen LogP contribution >= 0.6 is 12.2 Å². The first-order chi connectivity index (χ1) is 15.1. The van der Waals surface area contributed by atoms with Crippen LogP contribution in [0.5, 0.6) is 0 Å². The van der Waals surface area contributed by atoms with Crippen molar-refractivity contribution in [3.05, 3.63) is 78.4 Å². The molecule has 2 unspecified atom stereocenters.